The monoisotopic (exact) mass is 347 g/mol. The van der Waals surface area contributed by atoms with Crippen molar-refractivity contribution in [1.29, 1.82) is 0 Å². The number of benzene rings is 1. The molecule has 0 bridgehead atoms. The smallest absolute Gasteiger partial charge is 0.224 e. The van der Waals surface area contributed by atoms with Crippen molar-refractivity contribution >= 4 is 30.7 Å². The summed E-state index contributed by atoms with van der Waals surface area (Å²) in [5.41, 5.74) is 8.03. The van der Waals surface area contributed by atoms with Crippen molar-refractivity contribution < 1.29 is 4.79 Å². The molecule has 0 radical (unpaired) electrons. The van der Waals surface area contributed by atoms with Crippen molar-refractivity contribution in [2.75, 3.05) is 19.6 Å². The molecule has 1 aliphatic heterocycles. The standard InChI is InChI=1S/C16H25N3O.2ClH/c1-13(10-17)16(20)18-11-14-6-2-3-7-15(14)12-19-8-4-5-9-19;;/h2-3,6-7,13H,4-5,8-12,17H2,1H3,(H,18,20);2*1H. The summed E-state index contributed by atoms with van der Waals surface area (Å²) < 4.78 is 0. The Kier molecular flexibility index (Phi) is 10.4. The quantitative estimate of drug-likeness (QED) is 0.830. The zero-order valence-corrected chi connectivity index (χ0v) is 14.7. The van der Waals surface area contributed by atoms with Gasteiger partial charge in [0, 0.05) is 25.6 Å². The lowest BCUT2D eigenvalue weighted by molar-refractivity contribution is -0.124. The number of carbonyl (C=O) groups excluding carboxylic acids is 1. The summed E-state index contributed by atoms with van der Waals surface area (Å²) in [4.78, 5) is 14.3. The van der Waals surface area contributed by atoms with Gasteiger partial charge in [-0.1, -0.05) is 31.2 Å². The number of likely N-dealkylation sites (tertiary alicyclic amines) is 1. The number of carbonyl (C=O) groups is 1. The minimum Gasteiger partial charge on any atom is -0.352 e. The zero-order valence-electron chi connectivity index (χ0n) is 13.1. The van der Waals surface area contributed by atoms with Crippen molar-refractivity contribution in [2.24, 2.45) is 11.7 Å². The lowest BCUT2D eigenvalue weighted by Gasteiger charge is -2.18. The third-order valence-corrected chi connectivity index (χ3v) is 3.97. The number of hydrogen-bond acceptors (Lipinski definition) is 3. The molecule has 22 heavy (non-hydrogen) atoms. The molecule has 1 saturated heterocycles. The van der Waals surface area contributed by atoms with Crippen LogP contribution < -0.4 is 11.1 Å². The maximum atomic E-state index is 11.8. The highest BCUT2D eigenvalue weighted by molar-refractivity contribution is 5.85. The van der Waals surface area contributed by atoms with Gasteiger partial charge in [-0.15, -0.1) is 24.8 Å². The molecule has 2 rings (SSSR count). The van der Waals surface area contributed by atoms with E-state index in [1.165, 1.54) is 37.1 Å². The number of nitrogens with one attached hydrogen (secondary N) is 1. The fourth-order valence-electron chi connectivity index (χ4n) is 2.53. The fourth-order valence-corrected chi connectivity index (χ4v) is 2.53. The zero-order chi connectivity index (χ0) is 14.4. The number of amides is 1. The molecule has 1 fully saturated rings. The van der Waals surface area contributed by atoms with Crippen LogP contribution in [0.1, 0.15) is 30.9 Å². The molecular weight excluding hydrogens is 321 g/mol. The van der Waals surface area contributed by atoms with Crippen molar-refractivity contribution in [3.8, 4) is 0 Å². The molecule has 4 nitrogen and oxygen atoms in total. The maximum absolute atomic E-state index is 11.8. The largest absolute Gasteiger partial charge is 0.352 e. The highest BCUT2D eigenvalue weighted by Crippen LogP contribution is 2.16. The summed E-state index contributed by atoms with van der Waals surface area (Å²) in [6, 6.07) is 8.35. The molecule has 1 aromatic rings. The summed E-state index contributed by atoms with van der Waals surface area (Å²) in [6.07, 6.45) is 2.60. The van der Waals surface area contributed by atoms with Crippen LogP contribution in [0, 0.1) is 5.92 Å². The second kappa shape index (κ2) is 10.8. The van der Waals surface area contributed by atoms with Crippen LogP contribution in [0.2, 0.25) is 0 Å². The molecule has 1 heterocycles. The summed E-state index contributed by atoms with van der Waals surface area (Å²) in [5, 5.41) is 2.98. The predicted octanol–water partition coefficient (Wildman–Crippen LogP) is 2.34. The summed E-state index contributed by atoms with van der Waals surface area (Å²) in [5.74, 6) is -0.0933. The van der Waals surface area contributed by atoms with Crippen molar-refractivity contribution in [3.63, 3.8) is 0 Å². The highest BCUT2D eigenvalue weighted by Gasteiger charge is 2.14. The van der Waals surface area contributed by atoms with Gasteiger partial charge in [0.2, 0.25) is 5.91 Å². The van der Waals surface area contributed by atoms with E-state index in [0.29, 0.717) is 13.1 Å². The average molecular weight is 348 g/mol. The Morgan fingerprint density at radius 2 is 1.82 bits per heavy atom. The van der Waals surface area contributed by atoms with Crippen molar-refractivity contribution in [1.82, 2.24) is 10.2 Å². The Hall–Kier alpha value is -0.810. The Balaban J connectivity index is 0.00000220. The molecule has 1 unspecified atom stereocenters. The van der Waals surface area contributed by atoms with E-state index in [0.717, 1.165) is 6.54 Å². The van der Waals surface area contributed by atoms with E-state index in [9.17, 15) is 4.79 Å². The third kappa shape index (κ3) is 6.13. The first kappa shape index (κ1) is 21.2. The van der Waals surface area contributed by atoms with Gasteiger partial charge in [0.05, 0.1) is 0 Å². The molecule has 126 valence electrons. The van der Waals surface area contributed by atoms with Gasteiger partial charge in [-0.25, -0.2) is 0 Å². The minimum absolute atomic E-state index is 0. The van der Waals surface area contributed by atoms with Gasteiger partial charge >= 0.3 is 0 Å². The number of nitrogens with two attached hydrogens (primary N) is 1. The van der Waals surface area contributed by atoms with Gasteiger partial charge in [-0.3, -0.25) is 9.69 Å². The lowest BCUT2D eigenvalue weighted by Crippen LogP contribution is -2.33. The van der Waals surface area contributed by atoms with Gasteiger partial charge in [0.1, 0.15) is 0 Å². The number of rotatable bonds is 6. The third-order valence-electron chi connectivity index (χ3n) is 3.97. The van der Waals surface area contributed by atoms with E-state index in [4.69, 9.17) is 5.73 Å². The van der Waals surface area contributed by atoms with Crippen LogP contribution in [-0.4, -0.2) is 30.4 Å². The van der Waals surface area contributed by atoms with E-state index >= 15 is 0 Å². The van der Waals surface area contributed by atoms with Crippen LogP contribution in [-0.2, 0) is 17.9 Å². The van der Waals surface area contributed by atoms with Gasteiger partial charge in [-0.2, -0.15) is 0 Å². The van der Waals surface area contributed by atoms with Gasteiger partial charge in [0.25, 0.3) is 0 Å². The normalized spacial score (nSPS) is 15.5. The first-order valence-electron chi connectivity index (χ1n) is 7.47. The number of nitrogens with zero attached hydrogens (tertiary/aromatic N) is 1. The second-order valence-corrected chi connectivity index (χ2v) is 5.61. The van der Waals surface area contributed by atoms with E-state index in [-0.39, 0.29) is 36.6 Å². The molecule has 1 atom stereocenters. The van der Waals surface area contributed by atoms with Crippen LogP contribution >= 0.6 is 24.8 Å². The Morgan fingerprint density at radius 1 is 1.23 bits per heavy atom. The van der Waals surface area contributed by atoms with E-state index in [2.05, 4.69) is 28.4 Å². The summed E-state index contributed by atoms with van der Waals surface area (Å²) >= 11 is 0. The minimum atomic E-state index is -0.124. The molecular formula is C16H27Cl2N3O. The first-order chi connectivity index (χ1) is 9.70. The number of halogens is 2. The Bertz CT molecular complexity index is 451. The Morgan fingerprint density at radius 3 is 2.41 bits per heavy atom. The molecule has 6 heteroatoms. The maximum Gasteiger partial charge on any atom is 0.224 e. The fraction of sp³-hybridized carbons (Fsp3) is 0.562. The molecule has 0 aromatic heterocycles. The summed E-state index contributed by atoms with van der Waals surface area (Å²) in [7, 11) is 0. The van der Waals surface area contributed by atoms with Crippen LogP contribution in [0.3, 0.4) is 0 Å². The second-order valence-electron chi connectivity index (χ2n) is 5.61. The van der Waals surface area contributed by atoms with Crippen LogP contribution in [0.25, 0.3) is 0 Å². The molecule has 0 saturated carbocycles. The van der Waals surface area contributed by atoms with Gasteiger partial charge < -0.3 is 11.1 Å². The Labute approximate surface area is 145 Å². The van der Waals surface area contributed by atoms with E-state index in [1.54, 1.807) is 0 Å². The summed E-state index contributed by atoms with van der Waals surface area (Å²) in [6.45, 7) is 6.19. The SMILES string of the molecule is CC(CN)C(=O)NCc1ccccc1CN1CCCC1.Cl.Cl. The molecule has 1 aromatic carbocycles. The first-order valence-corrected chi connectivity index (χ1v) is 7.47. The number of hydrogen-bond donors (Lipinski definition) is 2. The highest BCUT2D eigenvalue weighted by atomic mass is 35.5. The molecule has 3 N–H and O–H groups in total. The van der Waals surface area contributed by atoms with Crippen LogP contribution in [0.15, 0.2) is 24.3 Å². The lowest BCUT2D eigenvalue weighted by atomic mass is 10.1. The average Bonchev–Trinajstić information content (AvgIpc) is 2.98. The molecule has 0 spiro atoms. The van der Waals surface area contributed by atoms with Crippen molar-refractivity contribution in [2.45, 2.75) is 32.9 Å². The van der Waals surface area contributed by atoms with Gasteiger partial charge in [-0.05, 0) is 37.1 Å². The topological polar surface area (TPSA) is 58.4 Å². The molecule has 1 amide bonds. The predicted molar refractivity (Wildman–Crippen MR) is 95.5 cm³/mol. The molecule has 1 aliphatic rings. The van der Waals surface area contributed by atoms with Crippen LogP contribution in [0.4, 0.5) is 0 Å². The van der Waals surface area contributed by atoms with E-state index in [1.807, 2.05) is 13.0 Å². The van der Waals surface area contributed by atoms with Crippen LogP contribution in [0.5, 0.6) is 0 Å². The molecule has 0 aliphatic carbocycles. The van der Waals surface area contributed by atoms with Gasteiger partial charge in [0.15, 0.2) is 0 Å². The van der Waals surface area contributed by atoms with E-state index < -0.39 is 0 Å². The van der Waals surface area contributed by atoms with Crippen molar-refractivity contribution in [3.05, 3.63) is 35.4 Å².